The fraction of sp³-hybridized carbons (Fsp3) is 0.400. The van der Waals surface area contributed by atoms with E-state index in [1.54, 1.807) is 17.7 Å². The molecular weight excluding hydrogens is 394 g/mol. The molecule has 3 rings (SSSR count). The first kappa shape index (κ1) is 18.6. The third-order valence-electron chi connectivity index (χ3n) is 3.40. The molecule has 3 heterocycles. The summed E-state index contributed by atoms with van der Waals surface area (Å²) in [7, 11) is 0. The van der Waals surface area contributed by atoms with E-state index < -0.39 is 0 Å². The molecule has 0 unspecified atom stereocenters. The molecule has 0 aliphatic rings. The van der Waals surface area contributed by atoms with Gasteiger partial charge in [0, 0.05) is 16.8 Å². The summed E-state index contributed by atoms with van der Waals surface area (Å²) in [6.07, 6.45) is 2.53. The van der Waals surface area contributed by atoms with Crippen molar-refractivity contribution >= 4 is 62.3 Å². The lowest BCUT2D eigenvalue weighted by molar-refractivity contribution is -0.118. The maximum absolute atomic E-state index is 11.7. The Balaban J connectivity index is 1.69. The van der Waals surface area contributed by atoms with Crippen LogP contribution in [0.3, 0.4) is 0 Å². The first-order valence-electron chi connectivity index (χ1n) is 7.70. The molecule has 0 spiro atoms. The average molecular weight is 412 g/mol. The van der Waals surface area contributed by atoms with Gasteiger partial charge in [0.05, 0.1) is 5.75 Å². The third kappa shape index (κ3) is 4.49. The van der Waals surface area contributed by atoms with Crippen LogP contribution in [0.4, 0.5) is 0 Å². The van der Waals surface area contributed by atoms with Gasteiger partial charge < -0.3 is 5.32 Å². The Kier molecular flexibility index (Phi) is 6.26. The second-order valence-corrected chi connectivity index (χ2v) is 9.86. The summed E-state index contributed by atoms with van der Waals surface area (Å²) in [5.74, 6) is 0.387. The monoisotopic (exact) mass is 411 g/mol. The second-order valence-electron chi connectivity index (χ2n) is 5.22. The molecule has 0 saturated heterocycles. The van der Waals surface area contributed by atoms with E-state index in [4.69, 9.17) is 0 Å². The first-order valence-corrected chi connectivity index (χ1v) is 11.1. The van der Waals surface area contributed by atoms with E-state index in [0.717, 1.165) is 30.3 Å². The van der Waals surface area contributed by atoms with E-state index in [9.17, 15) is 4.79 Å². The van der Waals surface area contributed by atoms with Gasteiger partial charge in [0.2, 0.25) is 5.91 Å². The van der Waals surface area contributed by atoms with E-state index in [0.29, 0.717) is 12.3 Å². The van der Waals surface area contributed by atoms with Crippen LogP contribution >= 0.6 is 46.2 Å². The summed E-state index contributed by atoms with van der Waals surface area (Å²) < 4.78 is 1.61. The lowest BCUT2D eigenvalue weighted by Gasteiger charge is -2.00. The number of rotatable bonds is 7. The van der Waals surface area contributed by atoms with E-state index in [2.05, 4.69) is 39.3 Å². The lowest BCUT2D eigenvalue weighted by Crippen LogP contribution is -2.25. The molecule has 3 aromatic rings. The Morgan fingerprint density at radius 2 is 2.00 bits per heavy atom. The molecule has 132 valence electrons. The standard InChI is InChI=1S/C15H17N5OS4/c1-4-5-16-10(21)6-22-14-19-20-15(25-14)24-13-11-8(2)9(3)23-12(11)17-7-18-13/h7H,4-6H2,1-3H3,(H,16,21). The van der Waals surface area contributed by atoms with Crippen molar-refractivity contribution in [3.8, 4) is 0 Å². The zero-order valence-electron chi connectivity index (χ0n) is 14.0. The third-order valence-corrected chi connectivity index (χ3v) is 7.63. The molecule has 3 aromatic heterocycles. The fourth-order valence-electron chi connectivity index (χ4n) is 2.05. The number of carbonyl (C=O) groups excluding carboxylic acids is 1. The molecule has 0 bridgehead atoms. The maximum Gasteiger partial charge on any atom is 0.230 e. The number of aromatic nitrogens is 4. The van der Waals surface area contributed by atoms with Crippen molar-refractivity contribution in [2.45, 2.75) is 40.9 Å². The number of aryl methyl sites for hydroxylation is 2. The van der Waals surface area contributed by atoms with Gasteiger partial charge in [0.15, 0.2) is 8.68 Å². The maximum atomic E-state index is 11.7. The molecule has 0 aromatic carbocycles. The van der Waals surface area contributed by atoms with Crippen LogP contribution in [0.15, 0.2) is 20.0 Å². The minimum absolute atomic E-state index is 0.0261. The van der Waals surface area contributed by atoms with Gasteiger partial charge >= 0.3 is 0 Å². The number of carbonyl (C=O) groups is 1. The van der Waals surface area contributed by atoms with Crippen molar-refractivity contribution in [2.24, 2.45) is 0 Å². The van der Waals surface area contributed by atoms with Crippen LogP contribution in [-0.2, 0) is 4.79 Å². The molecule has 10 heteroatoms. The van der Waals surface area contributed by atoms with E-state index in [-0.39, 0.29) is 5.91 Å². The van der Waals surface area contributed by atoms with Crippen LogP contribution in [-0.4, -0.2) is 38.4 Å². The van der Waals surface area contributed by atoms with Gasteiger partial charge in [0.1, 0.15) is 16.2 Å². The van der Waals surface area contributed by atoms with Crippen LogP contribution in [0.2, 0.25) is 0 Å². The molecule has 0 aliphatic carbocycles. The Labute approximate surface area is 162 Å². The van der Waals surface area contributed by atoms with Crippen molar-refractivity contribution in [3.05, 3.63) is 16.8 Å². The number of nitrogens with zero attached hydrogens (tertiary/aromatic N) is 4. The van der Waals surface area contributed by atoms with Gasteiger partial charge in [-0.2, -0.15) is 0 Å². The van der Waals surface area contributed by atoms with Crippen LogP contribution in [0, 0.1) is 13.8 Å². The number of amides is 1. The van der Waals surface area contributed by atoms with Gasteiger partial charge in [0.25, 0.3) is 0 Å². The van der Waals surface area contributed by atoms with Gasteiger partial charge in [-0.25, -0.2) is 9.97 Å². The Hall–Kier alpha value is -1.23. The molecule has 6 nitrogen and oxygen atoms in total. The molecule has 25 heavy (non-hydrogen) atoms. The van der Waals surface area contributed by atoms with Crippen molar-refractivity contribution in [2.75, 3.05) is 12.3 Å². The molecule has 0 aliphatic heterocycles. The lowest BCUT2D eigenvalue weighted by atomic mass is 10.2. The Bertz CT molecular complexity index is 891. The summed E-state index contributed by atoms with van der Waals surface area (Å²) in [6, 6.07) is 0. The highest BCUT2D eigenvalue weighted by Crippen LogP contribution is 2.39. The van der Waals surface area contributed by atoms with Crippen LogP contribution in [0.1, 0.15) is 23.8 Å². The first-order chi connectivity index (χ1) is 12.1. The Morgan fingerprint density at radius 3 is 2.80 bits per heavy atom. The van der Waals surface area contributed by atoms with Crippen LogP contribution in [0.25, 0.3) is 10.2 Å². The highest BCUT2D eigenvalue weighted by molar-refractivity contribution is 8.03. The summed E-state index contributed by atoms with van der Waals surface area (Å²) in [5.41, 5.74) is 1.22. The predicted molar refractivity (Wildman–Crippen MR) is 105 cm³/mol. The van der Waals surface area contributed by atoms with E-state index >= 15 is 0 Å². The summed E-state index contributed by atoms with van der Waals surface area (Å²) in [4.78, 5) is 22.7. The number of hydrogen-bond donors (Lipinski definition) is 1. The molecule has 0 radical (unpaired) electrons. The van der Waals surface area contributed by atoms with Gasteiger partial charge in [-0.3, -0.25) is 4.79 Å². The van der Waals surface area contributed by atoms with Crippen LogP contribution in [0.5, 0.6) is 0 Å². The molecule has 0 saturated carbocycles. The van der Waals surface area contributed by atoms with Gasteiger partial charge in [-0.05, 0) is 37.6 Å². The normalized spacial score (nSPS) is 11.2. The van der Waals surface area contributed by atoms with Crippen LogP contribution < -0.4 is 5.32 Å². The zero-order chi connectivity index (χ0) is 17.8. The number of hydrogen-bond acceptors (Lipinski definition) is 9. The number of thioether (sulfide) groups is 1. The largest absolute Gasteiger partial charge is 0.355 e. The van der Waals surface area contributed by atoms with Crippen molar-refractivity contribution in [1.29, 1.82) is 0 Å². The summed E-state index contributed by atoms with van der Waals surface area (Å²) >= 11 is 6.07. The zero-order valence-corrected chi connectivity index (χ0v) is 17.3. The Morgan fingerprint density at radius 1 is 1.20 bits per heavy atom. The van der Waals surface area contributed by atoms with Crippen molar-refractivity contribution in [1.82, 2.24) is 25.5 Å². The van der Waals surface area contributed by atoms with Gasteiger partial charge in [-0.15, -0.1) is 21.5 Å². The van der Waals surface area contributed by atoms with Crippen molar-refractivity contribution in [3.63, 3.8) is 0 Å². The topological polar surface area (TPSA) is 80.7 Å². The SMILES string of the molecule is CCCNC(=O)CSc1nnc(Sc2ncnc3sc(C)c(C)c23)s1. The highest BCUT2D eigenvalue weighted by atomic mass is 32.2. The van der Waals surface area contributed by atoms with Gasteiger partial charge in [-0.1, -0.05) is 30.0 Å². The molecule has 0 atom stereocenters. The fourth-order valence-corrected chi connectivity index (χ4v) is 6.03. The second kappa shape index (κ2) is 8.43. The van der Waals surface area contributed by atoms with E-state index in [1.807, 2.05) is 6.92 Å². The minimum atomic E-state index is 0.0261. The van der Waals surface area contributed by atoms with E-state index in [1.165, 1.54) is 45.3 Å². The quantitative estimate of drug-likeness (QED) is 0.466. The number of thiophene rings is 1. The average Bonchev–Trinajstić information content (AvgIpc) is 3.16. The minimum Gasteiger partial charge on any atom is -0.355 e. The smallest absolute Gasteiger partial charge is 0.230 e. The number of fused-ring (bicyclic) bond motifs is 1. The van der Waals surface area contributed by atoms with Crippen molar-refractivity contribution < 1.29 is 4.79 Å². The number of nitrogens with one attached hydrogen (secondary N) is 1. The molecular formula is C15H17N5OS4. The predicted octanol–water partition coefficient (Wildman–Crippen LogP) is 3.93. The molecule has 1 N–H and O–H groups in total. The molecule has 1 amide bonds. The highest BCUT2D eigenvalue weighted by Gasteiger charge is 2.15. The summed E-state index contributed by atoms with van der Waals surface area (Å²) in [5, 5.41) is 13.2. The molecule has 0 fully saturated rings. The summed E-state index contributed by atoms with van der Waals surface area (Å²) in [6.45, 7) is 6.93.